The molecule has 3 heterocycles. The second kappa shape index (κ2) is 8.04. The first-order valence-electron chi connectivity index (χ1n) is 8.44. The summed E-state index contributed by atoms with van der Waals surface area (Å²) in [6.45, 7) is -2.48. The van der Waals surface area contributed by atoms with Gasteiger partial charge in [-0.3, -0.25) is 9.78 Å². The van der Waals surface area contributed by atoms with Crippen LogP contribution >= 0.6 is 35.0 Å². The molecule has 1 aromatic carbocycles. The van der Waals surface area contributed by atoms with E-state index >= 15 is 0 Å². The Hall–Kier alpha value is -1.97. The van der Waals surface area contributed by atoms with Gasteiger partial charge in [-0.2, -0.15) is 20.5 Å². The van der Waals surface area contributed by atoms with E-state index < -0.39 is 12.5 Å². The molecule has 0 saturated carbocycles. The number of pyridine rings is 1. The quantitative estimate of drug-likeness (QED) is 0.706. The zero-order valence-electron chi connectivity index (χ0n) is 14.7. The minimum absolute atomic E-state index is 0.0290. The van der Waals surface area contributed by atoms with Gasteiger partial charge in [0.2, 0.25) is 5.75 Å². The third kappa shape index (κ3) is 4.04. The third-order valence-electron chi connectivity index (χ3n) is 4.49. The molecule has 6 nitrogen and oxygen atoms in total. The largest absolute Gasteiger partial charge is 0.488 e. The maximum Gasteiger partial charge on any atom is 0.387 e. The number of benzene rings is 1. The van der Waals surface area contributed by atoms with Crippen molar-refractivity contribution in [1.29, 1.82) is 0 Å². The van der Waals surface area contributed by atoms with Crippen molar-refractivity contribution >= 4 is 46.6 Å². The molecule has 0 aliphatic carbocycles. The van der Waals surface area contributed by atoms with Gasteiger partial charge in [0.25, 0.3) is 5.91 Å². The first-order valence-corrected chi connectivity index (χ1v) is 10.4. The highest BCUT2D eigenvalue weighted by Crippen LogP contribution is 2.48. The number of carbonyl (C=O) groups is 1. The molecule has 4 rings (SSSR count). The Kier molecular flexibility index (Phi) is 5.63. The van der Waals surface area contributed by atoms with E-state index in [1.807, 2.05) is 0 Å². The van der Waals surface area contributed by atoms with E-state index in [0.29, 0.717) is 6.61 Å². The fraction of sp³-hybridized carbons (Fsp3) is 0.333. The number of thioether (sulfide) groups is 1. The molecule has 2 aliphatic heterocycles. The van der Waals surface area contributed by atoms with Crippen LogP contribution in [0.15, 0.2) is 24.5 Å². The molecule has 1 spiro atoms. The smallest absolute Gasteiger partial charge is 0.387 e. The maximum atomic E-state index is 12.9. The van der Waals surface area contributed by atoms with Crippen LogP contribution in [0.5, 0.6) is 17.2 Å². The Balaban J connectivity index is 1.69. The second-order valence-corrected chi connectivity index (χ2v) is 8.45. The average Bonchev–Trinajstić information content (AvgIpc) is 2.85. The van der Waals surface area contributed by atoms with Crippen LogP contribution in [-0.2, 0) is 0 Å². The van der Waals surface area contributed by atoms with Crippen molar-refractivity contribution in [2.75, 3.05) is 30.0 Å². The Bertz CT molecular complexity index is 939. The Labute approximate surface area is 178 Å². The number of halogens is 4. The summed E-state index contributed by atoms with van der Waals surface area (Å²) in [5.74, 6) is 0.846. The minimum atomic E-state index is -3.05. The lowest BCUT2D eigenvalue weighted by Gasteiger charge is -2.38. The van der Waals surface area contributed by atoms with Gasteiger partial charge >= 0.3 is 6.61 Å². The van der Waals surface area contributed by atoms with E-state index in [2.05, 4.69) is 15.0 Å². The molecule has 2 aromatic rings. The summed E-state index contributed by atoms with van der Waals surface area (Å²) in [5.41, 5.74) is 0.0306. The molecule has 1 saturated heterocycles. The third-order valence-corrected chi connectivity index (χ3v) is 6.70. The van der Waals surface area contributed by atoms with E-state index in [1.54, 1.807) is 11.8 Å². The molecule has 11 heteroatoms. The van der Waals surface area contributed by atoms with Gasteiger partial charge < -0.3 is 19.5 Å². The van der Waals surface area contributed by atoms with E-state index in [9.17, 15) is 13.6 Å². The summed E-state index contributed by atoms with van der Waals surface area (Å²) in [5, 5.41) is 2.90. The Morgan fingerprint density at radius 3 is 2.41 bits per heavy atom. The SMILES string of the molecule is O=C(Nc1c(Cl)cncc1Cl)c1ccc(OC(F)F)c2c1OCC1(CO2)CSC1. The standard InChI is InChI=1S/C18H14Cl2F2N2O4S/c19-10-3-23-4-11(20)13(10)24-16(25)9-1-2-12(28-17(21)22)15-14(9)26-5-18(6-27-15)7-29-8-18/h1-4,17H,5-8H2,(H,23,24,25). The van der Waals surface area contributed by atoms with Crippen LogP contribution in [0, 0.1) is 5.41 Å². The van der Waals surface area contributed by atoms with Gasteiger partial charge in [-0.05, 0) is 12.1 Å². The fourth-order valence-electron chi connectivity index (χ4n) is 2.95. The number of ether oxygens (including phenoxy) is 3. The van der Waals surface area contributed by atoms with E-state index in [1.165, 1.54) is 24.5 Å². The van der Waals surface area contributed by atoms with Crippen LogP contribution in [0.3, 0.4) is 0 Å². The van der Waals surface area contributed by atoms with Gasteiger partial charge in [0.15, 0.2) is 11.5 Å². The molecular weight excluding hydrogens is 449 g/mol. The van der Waals surface area contributed by atoms with Gasteiger partial charge in [-0.15, -0.1) is 0 Å². The molecule has 0 atom stereocenters. The topological polar surface area (TPSA) is 69.7 Å². The molecule has 29 heavy (non-hydrogen) atoms. The minimum Gasteiger partial charge on any atom is -0.488 e. The molecule has 1 amide bonds. The number of hydrogen-bond acceptors (Lipinski definition) is 6. The summed E-state index contributed by atoms with van der Waals surface area (Å²) < 4.78 is 41.9. The van der Waals surface area contributed by atoms with Crippen molar-refractivity contribution in [2.45, 2.75) is 6.61 Å². The lowest BCUT2D eigenvalue weighted by atomic mass is 9.94. The maximum absolute atomic E-state index is 12.9. The summed E-state index contributed by atoms with van der Waals surface area (Å²) in [6.07, 6.45) is 2.67. The highest BCUT2D eigenvalue weighted by atomic mass is 35.5. The molecule has 0 radical (unpaired) electrons. The zero-order valence-corrected chi connectivity index (χ0v) is 17.0. The number of alkyl halides is 2. The monoisotopic (exact) mass is 462 g/mol. The summed E-state index contributed by atoms with van der Waals surface area (Å²) in [4.78, 5) is 16.7. The number of anilines is 1. The van der Waals surface area contributed by atoms with Crippen LogP contribution in [0.1, 0.15) is 10.4 Å². The first kappa shape index (κ1) is 20.3. The van der Waals surface area contributed by atoms with Crippen LogP contribution < -0.4 is 19.5 Å². The van der Waals surface area contributed by atoms with Crippen LogP contribution in [0.4, 0.5) is 14.5 Å². The van der Waals surface area contributed by atoms with Crippen LogP contribution in [0.25, 0.3) is 0 Å². The van der Waals surface area contributed by atoms with E-state index in [0.717, 1.165) is 11.5 Å². The van der Waals surface area contributed by atoms with Crippen molar-refractivity contribution in [2.24, 2.45) is 5.41 Å². The van der Waals surface area contributed by atoms with E-state index in [4.69, 9.17) is 32.7 Å². The van der Waals surface area contributed by atoms with Crippen molar-refractivity contribution in [3.8, 4) is 17.2 Å². The van der Waals surface area contributed by atoms with Gasteiger partial charge in [0, 0.05) is 23.9 Å². The average molecular weight is 463 g/mol. The second-order valence-electron chi connectivity index (χ2n) is 6.65. The van der Waals surface area contributed by atoms with Gasteiger partial charge in [-0.25, -0.2) is 0 Å². The number of nitrogens with zero attached hydrogens (tertiary/aromatic N) is 1. The molecule has 0 unspecified atom stereocenters. The summed E-state index contributed by atoms with van der Waals surface area (Å²) in [7, 11) is 0. The van der Waals surface area contributed by atoms with Crippen molar-refractivity contribution < 1.29 is 27.8 Å². The first-order chi connectivity index (χ1) is 13.9. The zero-order chi connectivity index (χ0) is 20.6. The Morgan fingerprint density at radius 1 is 1.17 bits per heavy atom. The van der Waals surface area contributed by atoms with Crippen LogP contribution in [-0.4, -0.2) is 42.2 Å². The number of rotatable bonds is 4. The van der Waals surface area contributed by atoms with E-state index in [-0.39, 0.29) is 50.6 Å². The summed E-state index contributed by atoms with van der Waals surface area (Å²) >= 11 is 13.8. The number of amides is 1. The number of nitrogens with one attached hydrogen (secondary N) is 1. The molecule has 1 N–H and O–H groups in total. The fourth-order valence-corrected chi connectivity index (χ4v) is 4.53. The molecule has 2 aliphatic rings. The number of fused-ring (bicyclic) bond motifs is 1. The lowest BCUT2D eigenvalue weighted by Crippen LogP contribution is -2.45. The molecule has 0 bridgehead atoms. The van der Waals surface area contributed by atoms with Crippen molar-refractivity contribution in [3.63, 3.8) is 0 Å². The Morgan fingerprint density at radius 2 is 1.83 bits per heavy atom. The molecule has 154 valence electrons. The summed E-state index contributed by atoms with van der Waals surface area (Å²) in [6, 6.07) is 2.57. The van der Waals surface area contributed by atoms with Crippen molar-refractivity contribution in [1.82, 2.24) is 4.98 Å². The van der Waals surface area contributed by atoms with Gasteiger partial charge in [-0.1, -0.05) is 23.2 Å². The molecular formula is C18H14Cl2F2N2O4S. The van der Waals surface area contributed by atoms with Gasteiger partial charge in [0.05, 0.1) is 39.9 Å². The number of hydrogen-bond donors (Lipinski definition) is 1. The van der Waals surface area contributed by atoms with Crippen LogP contribution in [0.2, 0.25) is 10.0 Å². The highest BCUT2D eigenvalue weighted by molar-refractivity contribution is 8.00. The lowest BCUT2D eigenvalue weighted by molar-refractivity contribution is -0.0516. The normalized spacial score (nSPS) is 16.9. The highest BCUT2D eigenvalue weighted by Gasteiger charge is 2.43. The predicted octanol–water partition coefficient (Wildman–Crippen LogP) is 4.75. The molecule has 1 fully saturated rings. The van der Waals surface area contributed by atoms with Gasteiger partial charge in [0.1, 0.15) is 0 Å². The molecule has 1 aromatic heterocycles. The van der Waals surface area contributed by atoms with Crippen molar-refractivity contribution in [3.05, 3.63) is 40.1 Å². The number of carbonyl (C=O) groups excluding carboxylic acids is 1. The predicted molar refractivity (Wildman–Crippen MR) is 106 cm³/mol. The number of aromatic nitrogens is 1.